The minimum Gasteiger partial charge on any atom is -0.379 e. The molecule has 0 unspecified atom stereocenters. The molecule has 1 aromatic carbocycles. The first-order valence-corrected chi connectivity index (χ1v) is 7.05. The molecule has 2 rings (SSSR count). The largest absolute Gasteiger partial charge is 0.379 e. The molecule has 5 heteroatoms. The summed E-state index contributed by atoms with van der Waals surface area (Å²) in [4.78, 5) is 19.9. The Kier molecular flexibility index (Phi) is 5.26. The van der Waals surface area contributed by atoms with Gasteiger partial charge in [-0.15, -0.1) is 0 Å². The van der Waals surface area contributed by atoms with E-state index >= 15 is 0 Å². The van der Waals surface area contributed by atoms with Crippen molar-refractivity contribution < 1.29 is 4.79 Å². The van der Waals surface area contributed by atoms with Gasteiger partial charge in [0.25, 0.3) is 0 Å². The quantitative estimate of drug-likeness (QED) is 0.852. The van der Waals surface area contributed by atoms with Gasteiger partial charge in [-0.25, -0.2) is 9.97 Å². The van der Waals surface area contributed by atoms with Gasteiger partial charge < -0.3 is 10.6 Å². The smallest absolute Gasteiger partial charge is 0.224 e. The monoisotopic (exact) mass is 284 g/mol. The van der Waals surface area contributed by atoms with E-state index in [4.69, 9.17) is 0 Å². The first-order valence-electron chi connectivity index (χ1n) is 7.05. The number of rotatable bonds is 6. The predicted molar refractivity (Wildman–Crippen MR) is 82.9 cm³/mol. The fourth-order valence-corrected chi connectivity index (χ4v) is 1.98. The van der Waals surface area contributed by atoms with Crippen molar-refractivity contribution in [1.82, 2.24) is 15.3 Å². The van der Waals surface area contributed by atoms with Gasteiger partial charge in [0.2, 0.25) is 5.91 Å². The third kappa shape index (κ3) is 4.87. The maximum Gasteiger partial charge on any atom is 0.224 e. The predicted octanol–water partition coefficient (Wildman–Crippen LogP) is 2.08. The van der Waals surface area contributed by atoms with Crippen LogP contribution < -0.4 is 10.6 Å². The molecule has 2 N–H and O–H groups in total. The van der Waals surface area contributed by atoms with E-state index in [2.05, 4.69) is 20.6 Å². The Morgan fingerprint density at radius 1 is 1.19 bits per heavy atom. The van der Waals surface area contributed by atoms with Crippen molar-refractivity contribution in [1.29, 1.82) is 0 Å². The van der Waals surface area contributed by atoms with Gasteiger partial charge in [0.05, 0.1) is 18.7 Å². The number of anilines is 1. The average Bonchev–Trinajstić information content (AvgIpc) is 2.47. The van der Waals surface area contributed by atoms with Gasteiger partial charge in [-0.2, -0.15) is 0 Å². The molecule has 0 bridgehead atoms. The molecule has 1 heterocycles. The van der Waals surface area contributed by atoms with Crippen molar-refractivity contribution in [2.24, 2.45) is 0 Å². The Balaban J connectivity index is 1.89. The summed E-state index contributed by atoms with van der Waals surface area (Å²) >= 11 is 0. The highest BCUT2D eigenvalue weighted by molar-refractivity contribution is 5.78. The molecular weight excluding hydrogens is 264 g/mol. The van der Waals surface area contributed by atoms with E-state index in [0.29, 0.717) is 19.5 Å². The molecule has 1 amide bonds. The van der Waals surface area contributed by atoms with Crippen LogP contribution in [-0.4, -0.2) is 22.4 Å². The van der Waals surface area contributed by atoms with Crippen LogP contribution in [0.1, 0.15) is 24.0 Å². The maximum atomic E-state index is 11.5. The second kappa shape index (κ2) is 7.38. The Hall–Kier alpha value is -2.43. The molecule has 0 aliphatic heterocycles. The Morgan fingerprint density at radius 2 is 1.95 bits per heavy atom. The molecule has 0 aliphatic carbocycles. The third-order valence-electron chi connectivity index (χ3n) is 3.00. The van der Waals surface area contributed by atoms with Crippen molar-refractivity contribution in [3.8, 4) is 0 Å². The van der Waals surface area contributed by atoms with E-state index in [9.17, 15) is 4.79 Å². The number of hydrogen-bond donors (Lipinski definition) is 2. The minimum atomic E-state index is 0.0506. The van der Waals surface area contributed by atoms with E-state index in [0.717, 1.165) is 22.8 Å². The van der Waals surface area contributed by atoms with Gasteiger partial charge >= 0.3 is 0 Å². The standard InChI is InChI=1S/C16H20N4O/c1-3-17-16(21)10-13-4-6-14(7-5-13)19-11-15-8-9-18-12(2)20-15/h4-9,19H,3,10-11H2,1-2H3,(H,17,21). The van der Waals surface area contributed by atoms with Crippen LogP contribution >= 0.6 is 0 Å². The van der Waals surface area contributed by atoms with E-state index in [-0.39, 0.29) is 5.91 Å². The first kappa shape index (κ1) is 15.0. The second-order valence-corrected chi connectivity index (χ2v) is 4.78. The topological polar surface area (TPSA) is 66.9 Å². The summed E-state index contributed by atoms with van der Waals surface area (Å²) in [7, 11) is 0. The number of benzene rings is 1. The summed E-state index contributed by atoms with van der Waals surface area (Å²) in [5.41, 5.74) is 2.96. The summed E-state index contributed by atoms with van der Waals surface area (Å²) in [5, 5.41) is 6.09. The number of aromatic nitrogens is 2. The van der Waals surface area contributed by atoms with Gasteiger partial charge in [-0.3, -0.25) is 4.79 Å². The van der Waals surface area contributed by atoms with Crippen LogP contribution in [-0.2, 0) is 17.8 Å². The van der Waals surface area contributed by atoms with Crippen LogP contribution in [0, 0.1) is 6.92 Å². The summed E-state index contributed by atoms with van der Waals surface area (Å²) < 4.78 is 0. The van der Waals surface area contributed by atoms with Crippen molar-refractivity contribution in [3.05, 3.63) is 53.6 Å². The molecule has 0 saturated carbocycles. The van der Waals surface area contributed by atoms with Crippen LogP contribution in [0.5, 0.6) is 0 Å². The number of aryl methyl sites for hydroxylation is 1. The lowest BCUT2D eigenvalue weighted by Gasteiger charge is -2.07. The van der Waals surface area contributed by atoms with Crippen molar-refractivity contribution in [3.63, 3.8) is 0 Å². The molecule has 1 aromatic heterocycles. The zero-order valence-electron chi connectivity index (χ0n) is 12.4. The van der Waals surface area contributed by atoms with Crippen LogP contribution in [0.2, 0.25) is 0 Å². The second-order valence-electron chi connectivity index (χ2n) is 4.78. The lowest BCUT2D eigenvalue weighted by Crippen LogP contribution is -2.24. The van der Waals surface area contributed by atoms with E-state index in [1.54, 1.807) is 6.20 Å². The molecule has 0 aliphatic rings. The van der Waals surface area contributed by atoms with Crippen molar-refractivity contribution in [2.45, 2.75) is 26.8 Å². The molecule has 0 saturated heterocycles. The number of hydrogen-bond acceptors (Lipinski definition) is 4. The summed E-state index contributed by atoms with van der Waals surface area (Å²) in [6, 6.07) is 9.76. The van der Waals surface area contributed by atoms with Gasteiger partial charge in [-0.1, -0.05) is 12.1 Å². The fourth-order valence-electron chi connectivity index (χ4n) is 1.98. The highest BCUT2D eigenvalue weighted by atomic mass is 16.1. The number of nitrogens with one attached hydrogen (secondary N) is 2. The van der Waals surface area contributed by atoms with E-state index < -0.39 is 0 Å². The lowest BCUT2D eigenvalue weighted by atomic mass is 10.1. The fraction of sp³-hybridized carbons (Fsp3) is 0.312. The molecule has 21 heavy (non-hydrogen) atoms. The van der Waals surface area contributed by atoms with Crippen LogP contribution in [0.4, 0.5) is 5.69 Å². The maximum absolute atomic E-state index is 11.5. The van der Waals surface area contributed by atoms with Crippen molar-refractivity contribution >= 4 is 11.6 Å². The zero-order chi connectivity index (χ0) is 15.1. The minimum absolute atomic E-state index is 0.0506. The molecule has 0 fully saturated rings. The molecule has 0 atom stereocenters. The third-order valence-corrected chi connectivity index (χ3v) is 3.00. The number of carbonyl (C=O) groups excluding carboxylic acids is 1. The van der Waals surface area contributed by atoms with E-state index in [1.165, 1.54) is 0 Å². The summed E-state index contributed by atoms with van der Waals surface area (Å²) in [5.74, 6) is 0.821. The van der Waals surface area contributed by atoms with Gasteiger partial charge in [-0.05, 0) is 37.6 Å². The number of likely N-dealkylation sites (N-methyl/N-ethyl adjacent to an activating group) is 1. The highest BCUT2D eigenvalue weighted by Crippen LogP contribution is 2.11. The lowest BCUT2D eigenvalue weighted by molar-refractivity contribution is -0.120. The number of nitrogens with zero attached hydrogens (tertiary/aromatic N) is 2. The average molecular weight is 284 g/mol. The molecule has 2 aromatic rings. The Morgan fingerprint density at radius 3 is 2.62 bits per heavy atom. The molecule has 0 spiro atoms. The van der Waals surface area contributed by atoms with Gasteiger partial charge in [0.1, 0.15) is 5.82 Å². The van der Waals surface area contributed by atoms with Crippen LogP contribution in [0.15, 0.2) is 36.5 Å². The van der Waals surface area contributed by atoms with Gasteiger partial charge in [0.15, 0.2) is 0 Å². The van der Waals surface area contributed by atoms with Gasteiger partial charge in [0, 0.05) is 18.4 Å². The zero-order valence-corrected chi connectivity index (χ0v) is 12.4. The van der Waals surface area contributed by atoms with E-state index in [1.807, 2.05) is 44.2 Å². The first-order chi connectivity index (χ1) is 10.2. The van der Waals surface area contributed by atoms with Crippen molar-refractivity contribution in [2.75, 3.05) is 11.9 Å². The van der Waals surface area contributed by atoms with Crippen LogP contribution in [0.3, 0.4) is 0 Å². The molecule has 110 valence electrons. The summed E-state index contributed by atoms with van der Waals surface area (Å²) in [6.45, 7) is 5.11. The molecule has 0 radical (unpaired) electrons. The summed E-state index contributed by atoms with van der Waals surface area (Å²) in [6.07, 6.45) is 2.17. The number of carbonyl (C=O) groups is 1. The Labute approximate surface area is 124 Å². The Bertz CT molecular complexity index is 595. The molecule has 5 nitrogen and oxygen atoms in total. The number of amides is 1. The van der Waals surface area contributed by atoms with Crippen LogP contribution in [0.25, 0.3) is 0 Å². The highest BCUT2D eigenvalue weighted by Gasteiger charge is 2.02. The SMILES string of the molecule is CCNC(=O)Cc1ccc(NCc2ccnc(C)n2)cc1. The molecular formula is C16H20N4O. The normalized spacial score (nSPS) is 10.2.